The average molecular weight is 279 g/mol. The van der Waals surface area contributed by atoms with Gasteiger partial charge in [0.25, 0.3) is 0 Å². The highest BCUT2D eigenvalue weighted by Crippen LogP contribution is 2.17. The monoisotopic (exact) mass is 279 g/mol. The van der Waals surface area contributed by atoms with Gasteiger partial charge in [-0.05, 0) is 39.7 Å². The lowest BCUT2D eigenvalue weighted by Crippen LogP contribution is -2.44. The molecule has 6 nitrogen and oxygen atoms in total. The lowest BCUT2D eigenvalue weighted by Gasteiger charge is -2.31. The fraction of sp³-hybridized carbons (Fsp3) is 0.643. The van der Waals surface area contributed by atoms with E-state index in [2.05, 4.69) is 9.97 Å². The molecule has 1 aliphatic rings. The van der Waals surface area contributed by atoms with Gasteiger partial charge in [0.2, 0.25) is 0 Å². The van der Waals surface area contributed by atoms with Crippen LogP contribution in [0.5, 0.6) is 6.01 Å². The van der Waals surface area contributed by atoms with E-state index in [1.54, 1.807) is 11.8 Å². The summed E-state index contributed by atoms with van der Waals surface area (Å²) in [6.45, 7) is 7.25. The van der Waals surface area contributed by atoms with Crippen LogP contribution in [-0.4, -0.2) is 46.8 Å². The molecule has 1 aromatic rings. The van der Waals surface area contributed by atoms with E-state index in [0.717, 1.165) is 24.2 Å². The van der Waals surface area contributed by atoms with Crippen molar-refractivity contribution >= 4 is 6.09 Å². The Balaban J connectivity index is 1.97. The third kappa shape index (κ3) is 3.82. The second-order valence-corrected chi connectivity index (χ2v) is 4.96. The van der Waals surface area contributed by atoms with Crippen LogP contribution in [0.4, 0.5) is 4.79 Å². The van der Waals surface area contributed by atoms with Crippen LogP contribution in [0.2, 0.25) is 0 Å². The summed E-state index contributed by atoms with van der Waals surface area (Å²) in [6.07, 6.45) is 1.44. The number of likely N-dealkylation sites (tertiary alicyclic amines) is 1. The van der Waals surface area contributed by atoms with Crippen molar-refractivity contribution < 1.29 is 14.3 Å². The molecule has 110 valence electrons. The minimum absolute atomic E-state index is 0.0747. The van der Waals surface area contributed by atoms with E-state index in [-0.39, 0.29) is 12.2 Å². The Kier molecular flexibility index (Phi) is 4.76. The van der Waals surface area contributed by atoms with Crippen molar-refractivity contribution in [3.8, 4) is 6.01 Å². The summed E-state index contributed by atoms with van der Waals surface area (Å²) < 4.78 is 10.8. The minimum Gasteiger partial charge on any atom is -0.458 e. The number of nitrogens with zero attached hydrogens (tertiary/aromatic N) is 3. The fourth-order valence-electron chi connectivity index (χ4n) is 2.31. The van der Waals surface area contributed by atoms with E-state index in [1.165, 1.54) is 0 Å². The first-order valence-electron chi connectivity index (χ1n) is 6.99. The zero-order valence-electron chi connectivity index (χ0n) is 12.3. The molecule has 6 heteroatoms. The Morgan fingerprint density at radius 2 is 2.10 bits per heavy atom. The Hall–Kier alpha value is -1.85. The molecule has 1 saturated heterocycles. The topological polar surface area (TPSA) is 64.5 Å². The molecule has 1 fully saturated rings. The summed E-state index contributed by atoms with van der Waals surface area (Å²) in [6, 6.07) is 2.29. The smallest absolute Gasteiger partial charge is 0.409 e. The molecule has 0 spiro atoms. The molecule has 1 unspecified atom stereocenters. The molecule has 0 radical (unpaired) electrons. The highest BCUT2D eigenvalue weighted by molar-refractivity contribution is 5.67. The van der Waals surface area contributed by atoms with Crippen molar-refractivity contribution in [2.75, 3.05) is 19.7 Å². The molecule has 1 aromatic heterocycles. The summed E-state index contributed by atoms with van der Waals surface area (Å²) in [5.41, 5.74) is 1.76. The average Bonchev–Trinajstić information content (AvgIpc) is 2.38. The third-order valence-corrected chi connectivity index (χ3v) is 3.14. The first kappa shape index (κ1) is 14.6. The van der Waals surface area contributed by atoms with Crippen LogP contribution >= 0.6 is 0 Å². The van der Waals surface area contributed by atoms with Crippen LogP contribution in [0.15, 0.2) is 6.07 Å². The molecular formula is C14H21N3O3. The third-order valence-electron chi connectivity index (χ3n) is 3.14. The first-order valence-corrected chi connectivity index (χ1v) is 6.99. The van der Waals surface area contributed by atoms with Crippen molar-refractivity contribution in [1.29, 1.82) is 0 Å². The first-order chi connectivity index (χ1) is 9.58. The van der Waals surface area contributed by atoms with Crippen molar-refractivity contribution in [1.82, 2.24) is 14.9 Å². The number of carbonyl (C=O) groups excluding carboxylic acids is 1. The van der Waals surface area contributed by atoms with E-state index in [9.17, 15) is 4.79 Å². The zero-order valence-corrected chi connectivity index (χ0v) is 12.3. The number of rotatable bonds is 3. The largest absolute Gasteiger partial charge is 0.458 e. The van der Waals surface area contributed by atoms with Crippen LogP contribution in [0.3, 0.4) is 0 Å². The maximum absolute atomic E-state index is 11.7. The van der Waals surface area contributed by atoms with Crippen LogP contribution < -0.4 is 4.74 Å². The van der Waals surface area contributed by atoms with Gasteiger partial charge < -0.3 is 14.4 Å². The van der Waals surface area contributed by atoms with Crippen molar-refractivity contribution in [2.24, 2.45) is 0 Å². The predicted molar refractivity (Wildman–Crippen MR) is 73.8 cm³/mol. The van der Waals surface area contributed by atoms with Gasteiger partial charge in [0, 0.05) is 17.9 Å². The van der Waals surface area contributed by atoms with Crippen molar-refractivity contribution in [3.05, 3.63) is 17.5 Å². The van der Waals surface area contributed by atoms with E-state index in [4.69, 9.17) is 9.47 Å². The molecule has 0 saturated carbocycles. The maximum atomic E-state index is 11.7. The molecule has 20 heavy (non-hydrogen) atoms. The van der Waals surface area contributed by atoms with Gasteiger partial charge in [0.05, 0.1) is 13.2 Å². The number of hydrogen-bond acceptors (Lipinski definition) is 5. The van der Waals surface area contributed by atoms with E-state index < -0.39 is 0 Å². The molecule has 0 bridgehead atoms. The number of piperidine rings is 1. The van der Waals surface area contributed by atoms with E-state index in [0.29, 0.717) is 25.7 Å². The standard InChI is InChI=1S/C14H21N3O3/c1-4-19-14(18)17-7-5-6-12(9-17)20-13-15-10(2)8-11(3)16-13/h8,12H,4-7,9H2,1-3H3. The summed E-state index contributed by atoms with van der Waals surface area (Å²) in [4.78, 5) is 21.9. The van der Waals surface area contributed by atoms with Gasteiger partial charge in [-0.15, -0.1) is 0 Å². The highest BCUT2D eigenvalue weighted by Gasteiger charge is 2.26. The van der Waals surface area contributed by atoms with Gasteiger partial charge >= 0.3 is 12.1 Å². The molecule has 0 aliphatic carbocycles. The lowest BCUT2D eigenvalue weighted by atomic mass is 10.1. The SMILES string of the molecule is CCOC(=O)N1CCCC(Oc2nc(C)cc(C)n2)C1. The van der Waals surface area contributed by atoms with Gasteiger partial charge in [-0.25, -0.2) is 14.8 Å². The summed E-state index contributed by atoms with van der Waals surface area (Å²) in [7, 11) is 0. The van der Waals surface area contributed by atoms with Crippen LogP contribution in [0, 0.1) is 13.8 Å². The number of amides is 1. The van der Waals surface area contributed by atoms with Gasteiger partial charge in [-0.1, -0.05) is 0 Å². The second-order valence-electron chi connectivity index (χ2n) is 4.96. The summed E-state index contributed by atoms with van der Waals surface area (Å²) in [5, 5.41) is 0. The molecular weight excluding hydrogens is 258 g/mol. The summed E-state index contributed by atoms with van der Waals surface area (Å²) in [5.74, 6) is 0. The maximum Gasteiger partial charge on any atom is 0.409 e. The number of aryl methyl sites for hydroxylation is 2. The van der Waals surface area contributed by atoms with Gasteiger partial charge in [-0.2, -0.15) is 0 Å². The number of hydrogen-bond donors (Lipinski definition) is 0. The Morgan fingerprint density at radius 3 is 2.75 bits per heavy atom. The molecule has 2 rings (SSSR count). The molecule has 2 heterocycles. The molecule has 0 N–H and O–H groups in total. The molecule has 1 atom stereocenters. The normalized spacial score (nSPS) is 18.8. The van der Waals surface area contributed by atoms with E-state index >= 15 is 0 Å². The Labute approximate surface area is 119 Å². The van der Waals surface area contributed by atoms with Gasteiger partial charge in [-0.3, -0.25) is 0 Å². The lowest BCUT2D eigenvalue weighted by molar-refractivity contribution is 0.0573. The molecule has 1 aliphatic heterocycles. The number of carbonyl (C=O) groups is 1. The number of ether oxygens (including phenoxy) is 2. The molecule has 0 aromatic carbocycles. The highest BCUT2D eigenvalue weighted by atomic mass is 16.6. The Bertz CT molecular complexity index is 458. The van der Waals surface area contributed by atoms with Crippen molar-refractivity contribution in [3.63, 3.8) is 0 Å². The zero-order chi connectivity index (χ0) is 14.5. The van der Waals surface area contributed by atoms with Gasteiger partial charge in [0.1, 0.15) is 6.10 Å². The van der Waals surface area contributed by atoms with Crippen LogP contribution in [-0.2, 0) is 4.74 Å². The van der Waals surface area contributed by atoms with Crippen LogP contribution in [0.1, 0.15) is 31.2 Å². The second kappa shape index (κ2) is 6.54. The fourth-order valence-corrected chi connectivity index (χ4v) is 2.31. The van der Waals surface area contributed by atoms with Gasteiger partial charge in [0.15, 0.2) is 0 Å². The Morgan fingerprint density at radius 1 is 1.40 bits per heavy atom. The van der Waals surface area contributed by atoms with E-state index in [1.807, 2.05) is 19.9 Å². The summed E-state index contributed by atoms with van der Waals surface area (Å²) >= 11 is 0. The minimum atomic E-state index is -0.276. The predicted octanol–water partition coefficient (Wildman–Crippen LogP) is 2.09. The quantitative estimate of drug-likeness (QED) is 0.847. The van der Waals surface area contributed by atoms with Crippen molar-refractivity contribution in [2.45, 2.75) is 39.7 Å². The number of aromatic nitrogens is 2. The molecule has 1 amide bonds. The van der Waals surface area contributed by atoms with Crippen LogP contribution in [0.25, 0.3) is 0 Å².